The third-order valence-corrected chi connectivity index (χ3v) is 4.04. The number of anilines is 1. The van der Waals surface area contributed by atoms with Crippen LogP contribution in [0.15, 0.2) is 48.5 Å². The number of halogens is 1. The molecule has 2 amide bonds. The number of carbonyl (C=O) groups excluding carboxylic acids is 2. The highest BCUT2D eigenvalue weighted by atomic mass is 35.5. The van der Waals surface area contributed by atoms with E-state index in [0.717, 1.165) is 0 Å². The topological polar surface area (TPSA) is 77.1 Å². The Bertz CT molecular complexity index is 799. The van der Waals surface area contributed by atoms with Gasteiger partial charge < -0.3 is 19.5 Å². The van der Waals surface area contributed by atoms with Crippen LogP contribution >= 0.6 is 11.6 Å². The van der Waals surface area contributed by atoms with E-state index in [0.29, 0.717) is 22.2 Å². The van der Waals surface area contributed by atoms with Crippen LogP contribution in [0.25, 0.3) is 0 Å². The van der Waals surface area contributed by atoms with E-state index in [1.54, 1.807) is 42.5 Å². The first kappa shape index (κ1) is 17.9. The van der Waals surface area contributed by atoms with E-state index in [4.69, 9.17) is 25.8 Å². The van der Waals surface area contributed by atoms with Crippen molar-refractivity contribution in [1.82, 2.24) is 5.32 Å². The number of hydrogen-bond acceptors (Lipinski definition) is 5. The molecule has 1 N–H and O–H groups in total. The van der Waals surface area contributed by atoms with Crippen molar-refractivity contribution in [3.05, 3.63) is 53.6 Å². The molecule has 0 aromatic heterocycles. The van der Waals surface area contributed by atoms with Crippen molar-refractivity contribution in [2.24, 2.45) is 0 Å². The summed E-state index contributed by atoms with van der Waals surface area (Å²) in [5.74, 6) is 0.952. The quantitative estimate of drug-likeness (QED) is 0.864. The van der Waals surface area contributed by atoms with E-state index in [1.165, 1.54) is 12.0 Å². The van der Waals surface area contributed by atoms with Gasteiger partial charge in [0.1, 0.15) is 17.6 Å². The van der Waals surface area contributed by atoms with Crippen LogP contribution in [0.2, 0.25) is 5.02 Å². The number of rotatable bonds is 5. The smallest absolute Gasteiger partial charge is 0.414 e. The minimum atomic E-state index is -0.613. The minimum absolute atomic E-state index is 0.137. The predicted octanol–water partition coefficient (Wildman–Crippen LogP) is 3.46. The molecule has 2 aromatic rings. The molecule has 0 radical (unpaired) electrons. The molecule has 1 saturated heterocycles. The molecule has 136 valence electrons. The van der Waals surface area contributed by atoms with E-state index >= 15 is 0 Å². The fourth-order valence-corrected chi connectivity index (χ4v) is 2.74. The van der Waals surface area contributed by atoms with Crippen molar-refractivity contribution >= 4 is 29.5 Å². The molecule has 26 heavy (non-hydrogen) atoms. The first-order valence-electron chi connectivity index (χ1n) is 7.89. The van der Waals surface area contributed by atoms with E-state index < -0.39 is 18.3 Å². The number of methoxy groups -OCH3 is 1. The Hall–Kier alpha value is -2.93. The Morgan fingerprint density at radius 1 is 1.31 bits per heavy atom. The first-order valence-corrected chi connectivity index (χ1v) is 8.27. The Morgan fingerprint density at radius 3 is 2.77 bits per heavy atom. The molecule has 0 saturated carbocycles. The molecule has 1 unspecified atom stereocenters. The highest BCUT2D eigenvalue weighted by Crippen LogP contribution is 2.31. The van der Waals surface area contributed by atoms with E-state index in [-0.39, 0.29) is 13.1 Å². The van der Waals surface area contributed by atoms with Gasteiger partial charge in [-0.05, 0) is 30.3 Å². The number of benzene rings is 2. The second-order valence-corrected chi connectivity index (χ2v) is 5.93. The molecule has 7 nitrogen and oxygen atoms in total. The number of ether oxygens (including phenoxy) is 3. The molecule has 1 aliphatic rings. The Balaban J connectivity index is 1.54. The van der Waals surface area contributed by atoms with Crippen LogP contribution in [0.3, 0.4) is 0 Å². The van der Waals surface area contributed by atoms with Crippen molar-refractivity contribution in [3.8, 4) is 11.5 Å². The van der Waals surface area contributed by atoms with Crippen LogP contribution in [0.4, 0.5) is 15.3 Å². The highest BCUT2D eigenvalue weighted by molar-refractivity contribution is 6.32. The van der Waals surface area contributed by atoms with Crippen LogP contribution < -0.4 is 19.7 Å². The number of hydrogen-bond donors (Lipinski definition) is 1. The lowest BCUT2D eigenvalue weighted by Crippen LogP contribution is -2.36. The molecule has 1 atom stereocenters. The van der Waals surface area contributed by atoms with Crippen LogP contribution in [0, 0.1) is 0 Å². The second kappa shape index (κ2) is 7.97. The molecule has 0 aliphatic carbocycles. The van der Waals surface area contributed by atoms with Crippen LogP contribution in [0.1, 0.15) is 0 Å². The highest BCUT2D eigenvalue weighted by Gasteiger charge is 2.33. The SMILES string of the molecule is COc1ccc(N2CC(CNC(=O)Oc3ccccc3)OC2=O)cc1Cl. The van der Waals surface area contributed by atoms with Crippen molar-refractivity contribution in [2.75, 3.05) is 25.1 Å². The third-order valence-electron chi connectivity index (χ3n) is 3.75. The van der Waals surface area contributed by atoms with Gasteiger partial charge in [-0.25, -0.2) is 9.59 Å². The van der Waals surface area contributed by atoms with Crippen LogP contribution in [-0.2, 0) is 4.74 Å². The molecule has 1 aliphatic heterocycles. The minimum Gasteiger partial charge on any atom is -0.495 e. The largest absolute Gasteiger partial charge is 0.495 e. The third kappa shape index (κ3) is 4.18. The van der Waals surface area contributed by atoms with Gasteiger partial charge in [-0.1, -0.05) is 29.8 Å². The molecule has 0 bridgehead atoms. The van der Waals surface area contributed by atoms with Crippen molar-refractivity contribution < 1.29 is 23.8 Å². The molecule has 1 fully saturated rings. The molecule has 2 aromatic carbocycles. The summed E-state index contributed by atoms with van der Waals surface area (Å²) in [5.41, 5.74) is 0.593. The summed E-state index contributed by atoms with van der Waals surface area (Å²) in [6.07, 6.45) is -1.61. The molecule has 1 heterocycles. The number of nitrogens with one attached hydrogen (secondary N) is 1. The maximum atomic E-state index is 12.1. The summed E-state index contributed by atoms with van der Waals surface area (Å²) in [6, 6.07) is 13.7. The standard InChI is InChI=1S/C18H17ClN2O5/c1-24-16-8-7-12(9-15(16)19)21-11-14(26-18(21)23)10-20-17(22)25-13-5-3-2-4-6-13/h2-9,14H,10-11H2,1H3,(H,20,22). The lowest BCUT2D eigenvalue weighted by molar-refractivity contribution is 0.137. The number of para-hydroxylation sites is 1. The van der Waals surface area contributed by atoms with Crippen molar-refractivity contribution in [3.63, 3.8) is 0 Å². The predicted molar refractivity (Wildman–Crippen MR) is 96.1 cm³/mol. The van der Waals surface area contributed by atoms with Crippen LogP contribution in [0.5, 0.6) is 11.5 Å². The summed E-state index contributed by atoms with van der Waals surface area (Å²) in [5, 5.41) is 2.98. The fourth-order valence-electron chi connectivity index (χ4n) is 2.49. The summed E-state index contributed by atoms with van der Waals surface area (Å²) >= 11 is 6.09. The van der Waals surface area contributed by atoms with Gasteiger partial charge in [0.25, 0.3) is 0 Å². The van der Waals surface area contributed by atoms with Gasteiger partial charge in [0.2, 0.25) is 0 Å². The summed E-state index contributed by atoms with van der Waals surface area (Å²) in [4.78, 5) is 25.3. The van der Waals surface area contributed by atoms with Crippen molar-refractivity contribution in [2.45, 2.75) is 6.10 Å². The van der Waals surface area contributed by atoms with E-state index in [2.05, 4.69) is 5.32 Å². The van der Waals surface area contributed by atoms with Gasteiger partial charge >= 0.3 is 12.2 Å². The van der Waals surface area contributed by atoms with Gasteiger partial charge in [0.15, 0.2) is 0 Å². The first-order chi connectivity index (χ1) is 12.6. The Kier molecular flexibility index (Phi) is 5.48. The number of nitrogens with zero attached hydrogens (tertiary/aromatic N) is 1. The van der Waals surface area contributed by atoms with Gasteiger partial charge in [0, 0.05) is 5.69 Å². The zero-order valence-electron chi connectivity index (χ0n) is 14.0. The maximum Gasteiger partial charge on any atom is 0.414 e. The van der Waals surface area contributed by atoms with Crippen molar-refractivity contribution in [1.29, 1.82) is 0 Å². The Labute approximate surface area is 155 Å². The summed E-state index contributed by atoms with van der Waals surface area (Å²) < 4.78 is 15.5. The van der Waals surface area contributed by atoms with Gasteiger partial charge in [-0.15, -0.1) is 0 Å². The molecule has 0 spiro atoms. The average Bonchev–Trinajstić information content (AvgIpc) is 3.01. The fraction of sp³-hybridized carbons (Fsp3) is 0.222. The monoisotopic (exact) mass is 376 g/mol. The van der Waals surface area contributed by atoms with E-state index in [9.17, 15) is 9.59 Å². The number of carbonyl (C=O) groups is 2. The Morgan fingerprint density at radius 2 is 2.08 bits per heavy atom. The maximum absolute atomic E-state index is 12.1. The van der Waals surface area contributed by atoms with Gasteiger partial charge in [0.05, 0.1) is 25.2 Å². The molecule has 3 rings (SSSR count). The zero-order chi connectivity index (χ0) is 18.5. The molecular weight excluding hydrogens is 360 g/mol. The summed E-state index contributed by atoms with van der Waals surface area (Å²) in [6.45, 7) is 0.422. The lowest BCUT2D eigenvalue weighted by Gasteiger charge is -2.14. The number of cyclic esters (lactones) is 1. The summed E-state index contributed by atoms with van der Waals surface area (Å²) in [7, 11) is 1.52. The molecule has 8 heteroatoms. The second-order valence-electron chi connectivity index (χ2n) is 5.52. The zero-order valence-corrected chi connectivity index (χ0v) is 14.7. The average molecular weight is 377 g/mol. The normalized spacial score (nSPS) is 16.2. The lowest BCUT2D eigenvalue weighted by atomic mass is 10.2. The number of amides is 2. The van der Waals surface area contributed by atoms with Gasteiger partial charge in [-0.3, -0.25) is 4.90 Å². The van der Waals surface area contributed by atoms with Gasteiger partial charge in [-0.2, -0.15) is 0 Å². The van der Waals surface area contributed by atoms with Crippen LogP contribution in [-0.4, -0.2) is 38.5 Å². The van der Waals surface area contributed by atoms with E-state index in [1.807, 2.05) is 6.07 Å². The molecular formula is C18H17ClN2O5.